The fraction of sp³-hybridized carbons (Fsp3) is 0.333. The Kier molecular flexibility index (Phi) is 1.95. The summed E-state index contributed by atoms with van der Waals surface area (Å²) in [7, 11) is 0. The van der Waals surface area contributed by atoms with Crippen LogP contribution in [0.2, 0.25) is 0 Å². The summed E-state index contributed by atoms with van der Waals surface area (Å²) in [5.41, 5.74) is 3.90. The van der Waals surface area contributed by atoms with E-state index in [0.717, 1.165) is 6.07 Å². The summed E-state index contributed by atoms with van der Waals surface area (Å²) >= 11 is 3.08. The lowest BCUT2D eigenvalue weighted by molar-refractivity contribution is 0.0889. The van der Waals surface area contributed by atoms with Crippen molar-refractivity contribution in [1.29, 1.82) is 0 Å². The molecule has 1 aliphatic carbocycles. The highest BCUT2D eigenvalue weighted by atomic mass is 79.9. The minimum Gasteiger partial charge on any atom is -0.316 e. The van der Waals surface area contributed by atoms with Gasteiger partial charge in [0.1, 0.15) is 11.4 Å². The zero-order valence-corrected chi connectivity index (χ0v) is 8.61. The number of hydrogen-bond donors (Lipinski definition) is 1. The average molecular weight is 266 g/mol. The van der Waals surface area contributed by atoms with Gasteiger partial charge in [0.05, 0.1) is 0 Å². The molecule has 76 valence electrons. The molecule has 5 heteroatoms. The third-order valence-corrected chi connectivity index (χ3v) is 3.13. The number of hydrogen-bond acceptors (Lipinski definition) is 1. The molecule has 2 N–H and O–H groups in total. The maximum absolute atomic E-state index is 12.9. The molecule has 1 nitrogen and oxygen atoms in total. The molecule has 0 aliphatic heterocycles. The standard InChI is InChI=1S/C9H7BrF3N/c10-7-2-1-5(11)3-6(7)8(14)4-9(8,12)13/h1-3H,4,14H2. The molecule has 0 radical (unpaired) electrons. The van der Waals surface area contributed by atoms with Crippen LogP contribution in [0.15, 0.2) is 22.7 Å². The second-order valence-electron chi connectivity index (χ2n) is 3.48. The first-order valence-electron chi connectivity index (χ1n) is 3.99. The van der Waals surface area contributed by atoms with Gasteiger partial charge >= 0.3 is 0 Å². The summed E-state index contributed by atoms with van der Waals surface area (Å²) in [5, 5.41) is 0. The van der Waals surface area contributed by atoms with Crippen molar-refractivity contribution in [1.82, 2.24) is 0 Å². The van der Waals surface area contributed by atoms with Crippen LogP contribution >= 0.6 is 15.9 Å². The molecule has 1 aliphatic rings. The quantitative estimate of drug-likeness (QED) is 0.831. The predicted octanol–water partition coefficient (Wildman–Crippen LogP) is 2.78. The minimum atomic E-state index is -2.93. The normalized spacial score (nSPS) is 28.9. The Morgan fingerprint density at radius 2 is 1.93 bits per heavy atom. The van der Waals surface area contributed by atoms with Crippen LogP contribution in [0.4, 0.5) is 13.2 Å². The summed E-state index contributed by atoms with van der Waals surface area (Å²) < 4.78 is 39.1. The van der Waals surface area contributed by atoms with E-state index in [2.05, 4.69) is 15.9 Å². The van der Waals surface area contributed by atoms with Gasteiger partial charge in [-0.05, 0) is 23.8 Å². The Hall–Kier alpha value is -0.550. The molecule has 14 heavy (non-hydrogen) atoms. The second-order valence-corrected chi connectivity index (χ2v) is 4.33. The Labute approximate surface area is 87.2 Å². The molecule has 0 aromatic heterocycles. The SMILES string of the molecule is NC1(c2cc(F)ccc2Br)CC1(F)F. The lowest BCUT2D eigenvalue weighted by atomic mass is 10.1. The van der Waals surface area contributed by atoms with Crippen LogP contribution in [0, 0.1) is 5.82 Å². The molecule has 0 saturated heterocycles. The fourth-order valence-electron chi connectivity index (χ4n) is 1.44. The van der Waals surface area contributed by atoms with Crippen LogP contribution in [0.5, 0.6) is 0 Å². The second kappa shape index (κ2) is 2.73. The topological polar surface area (TPSA) is 26.0 Å². The van der Waals surface area contributed by atoms with E-state index < -0.39 is 23.7 Å². The van der Waals surface area contributed by atoms with Crippen molar-refractivity contribution >= 4 is 15.9 Å². The van der Waals surface area contributed by atoms with Gasteiger partial charge in [0.25, 0.3) is 5.92 Å². The number of halogens is 4. The van der Waals surface area contributed by atoms with Crippen LogP contribution in [0.25, 0.3) is 0 Å². The smallest absolute Gasteiger partial charge is 0.272 e. The largest absolute Gasteiger partial charge is 0.316 e. The van der Waals surface area contributed by atoms with E-state index in [1.165, 1.54) is 12.1 Å². The zero-order valence-electron chi connectivity index (χ0n) is 7.03. The Balaban J connectivity index is 2.48. The van der Waals surface area contributed by atoms with Crippen LogP contribution in [0.3, 0.4) is 0 Å². The van der Waals surface area contributed by atoms with E-state index in [9.17, 15) is 13.2 Å². The van der Waals surface area contributed by atoms with E-state index in [4.69, 9.17) is 5.73 Å². The van der Waals surface area contributed by atoms with E-state index in [-0.39, 0.29) is 5.56 Å². The highest BCUT2D eigenvalue weighted by Gasteiger charge is 2.70. The first-order valence-corrected chi connectivity index (χ1v) is 4.78. The molecular weight excluding hydrogens is 259 g/mol. The van der Waals surface area contributed by atoms with Crippen molar-refractivity contribution in [2.45, 2.75) is 17.9 Å². The molecule has 2 rings (SSSR count). The van der Waals surface area contributed by atoms with Crippen molar-refractivity contribution in [3.8, 4) is 0 Å². The van der Waals surface area contributed by atoms with Crippen LogP contribution in [-0.4, -0.2) is 5.92 Å². The fourth-order valence-corrected chi connectivity index (χ4v) is 2.04. The van der Waals surface area contributed by atoms with Gasteiger partial charge in [0, 0.05) is 10.9 Å². The highest BCUT2D eigenvalue weighted by Crippen LogP contribution is 2.58. The van der Waals surface area contributed by atoms with E-state index in [1.54, 1.807) is 0 Å². The number of rotatable bonds is 1. The molecule has 1 saturated carbocycles. The molecule has 0 amide bonds. The molecule has 1 aromatic carbocycles. The van der Waals surface area contributed by atoms with Crippen molar-refractivity contribution < 1.29 is 13.2 Å². The Bertz CT molecular complexity index is 394. The molecule has 1 fully saturated rings. The first kappa shape index (κ1) is 9.98. The van der Waals surface area contributed by atoms with Crippen molar-refractivity contribution in [2.24, 2.45) is 5.73 Å². The van der Waals surface area contributed by atoms with Gasteiger partial charge in [-0.15, -0.1) is 0 Å². The van der Waals surface area contributed by atoms with E-state index >= 15 is 0 Å². The molecule has 1 aromatic rings. The summed E-state index contributed by atoms with van der Waals surface area (Å²) in [6, 6.07) is 3.62. The summed E-state index contributed by atoms with van der Waals surface area (Å²) in [6.07, 6.45) is -0.429. The zero-order chi connectivity index (χ0) is 10.6. The van der Waals surface area contributed by atoms with Gasteiger partial charge in [-0.2, -0.15) is 0 Å². The van der Waals surface area contributed by atoms with Gasteiger partial charge in [-0.1, -0.05) is 15.9 Å². The third kappa shape index (κ3) is 1.26. The van der Waals surface area contributed by atoms with Crippen molar-refractivity contribution in [3.05, 3.63) is 34.1 Å². The highest BCUT2D eigenvalue weighted by molar-refractivity contribution is 9.10. The Morgan fingerprint density at radius 3 is 2.43 bits per heavy atom. The summed E-state index contributed by atoms with van der Waals surface area (Å²) in [6.45, 7) is 0. The summed E-state index contributed by atoms with van der Waals surface area (Å²) in [4.78, 5) is 0. The molecular formula is C9H7BrF3N. The van der Waals surface area contributed by atoms with E-state index in [1.807, 2.05) is 0 Å². The van der Waals surface area contributed by atoms with Crippen LogP contribution in [0.1, 0.15) is 12.0 Å². The average Bonchev–Trinajstić information content (AvgIpc) is 2.58. The Morgan fingerprint density at radius 1 is 1.36 bits per heavy atom. The molecule has 1 unspecified atom stereocenters. The van der Waals surface area contributed by atoms with Crippen LogP contribution < -0.4 is 5.73 Å². The van der Waals surface area contributed by atoms with Gasteiger partial charge in [0.2, 0.25) is 0 Å². The minimum absolute atomic E-state index is 0.127. The molecule has 0 heterocycles. The first-order chi connectivity index (χ1) is 6.37. The van der Waals surface area contributed by atoms with Gasteiger partial charge in [0.15, 0.2) is 0 Å². The maximum atomic E-state index is 12.9. The van der Waals surface area contributed by atoms with E-state index in [0.29, 0.717) is 4.47 Å². The van der Waals surface area contributed by atoms with Crippen LogP contribution in [-0.2, 0) is 5.54 Å². The van der Waals surface area contributed by atoms with Crippen molar-refractivity contribution in [3.63, 3.8) is 0 Å². The number of benzene rings is 1. The van der Waals surface area contributed by atoms with Gasteiger partial charge < -0.3 is 5.73 Å². The number of alkyl halides is 2. The predicted molar refractivity (Wildman–Crippen MR) is 49.5 cm³/mol. The number of nitrogens with two attached hydrogens (primary N) is 1. The van der Waals surface area contributed by atoms with Gasteiger partial charge in [-0.3, -0.25) is 0 Å². The lowest BCUT2D eigenvalue weighted by Crippen LogP contribution is -2.27. The van der Waals surface area contributed by atoms with Crippen molar-refractivity contribution in [2.75, 3.05) is 0 Å². The monoisotopic (exact) mass is 265 g/mol. The molecule has 0 spiro atoms. The molecule has 0 bridgehead atoms. The molecule has 1 atom stereocenters. The lowest BCUT2D eigenvalue weighted by Gasteiger charge is -2.12. The third-order valence-electron chi connectivity index (χ3n) is 2.44. The summed E-state index contributed by atoms with van der Waals surface area (Å²) in [5.74, 6) is -3.49. The maximum Gasteiger partial charge on any atom is 0.272 e. The van der Waals surface area contributed by atoms with Gasteiger partial charge in [-0.25, -0.2) is 13.2 Å².